The molecule has 0 radical (unpaired) electrons. The van der Waals surface area contributed by atoms with E-state index in [4.69, 9.17) is 16.3 Å². The molecule has 1 unspecified atom stereocenters. The number of ether oxygens (including phenoxy) is 1. The van der Waals surface area contributed by atoms with Gasteiger partial charge in [-0.05, 0) is 49.2 Å². The van der Waals surface area contributed by atoms with Crippen molar-refractivity contribution in [2.24, 2.45) is 0 Å². The molecule has 0 aliphatic rings. The molecule has 0 aliphatic heterocycles. The number of carbonyl (C=O) groups is 2. The van der Waals surface area contributed by atoms with Gasteiger partial charge in [-0.25, -0.2) is 4.98 Å². The molecule has 0 aliphatic carbocycles. The van der Waals surface area contributed by atoms with E-state index >= 15 is 0 Å². The fourth-order valence-corrected chi connectivity index (χ4v) is 3.17. The van der Waals surface area contributed by atoms with Crippen LogP contribution in [0.15, 0.2) is 72.9 Å². The second kappa shape index (κ2) is 11.3. The van der Waals surface area contributed by atoms with Gasteiger partial charge in [-0.3, -0.25) is 9.59 Å². The Morgan fingerprint density at radius 3 is 2.31 bits per heavy atom. The topological polar surface area (TPSA) is 80.3 Å². The van der Waals surface area contributed by atoms with Crippen LogP contribution in [-0.4, -0.2) is 28.9 Å². The Morgan fingerprint density at radius 2 is 1.69 bits per heavy atom. The molecule has 0 fully saturated rings. The van der Waals surface area contributed by atoms with Gasteiger partial charge >= 0.3 is 0 Å². The largest absolute Gasteiger partial charge is 0.475 e. The minimum atomic E-state index is -0.739. The lowest BCUT2D eigenvalue weighted by atomic mass is 10.0. The van der Waals surface area contributed by atoms with Crippen molar-refractivity contribution in [3.05, 3.63) is 94.6 Å². The van der Waals surface area contributed by atoms with E-state index < -0.39 is 6.04 Å². The predicted molar refractivity (Wildman–Crippen MR) is 125 cm³/mol. The molecule has 6 nitrogen and oxygen atoms in total. The van der Waals surface area contributed by atoms with Crippen molar-refractivity contribution in [1.29, 1.82) is 0 Å². The quantitative estimate of drug-likeness (QED) is 0.511. The molecule has 2 aromatic carbocycles. The van der Waals surface area contributed by atoms with Crippen LogP contribution >= 0.6 is 11.6 Å². The van der Waals surface area contributed by atoms with Gasteiger partial charge in [-0.2, -0.15) is 0 Å². The molecule has 3 rings (SSSR count). The van der Waals surface area contributed by atoms with E-state index in [0.29, 0.717) is 22.9 Å². The lowest BCUT2D eigenvalue weighted by Gasteiger charge is -2.19. The molecule has 0 saturated carbocycles. The van der Waals surface area contributed by atoms with E-state index in [1.165, 1.54) is 0 Å². The first-order chi connectivity index (χ1) is 15.4. The zero-order valence-electron chi connectivity index (χ0n) is 18.0. The van der Waals surface area contributed by atoms with Crippen molar-refractivity contribution in [3.63, 3.8) is 0 Å². The molecule has 1 aromatic heterocycles. The van der Waals surface area contributed by atoms with Gasteiger partial charge in [0.05, 0.1) is 6.10 Å². The molecule has 0 saturated heterocycles. The van der Waals surface area contributed by atoms with Crippen molar-refractivity contribution in [2.75, 3.05) is 0 Å². The molecule has 7 heteroatoms. The first-order valence-corrected chi connectivity index (χ1v) is 10.8. The SMILES string of the molecule is CC(C)Oc1ccc(CNC(=O)C(Cc2ccccc2)NC(=O)c2ccc(Cl)cc2)cn1. The van der Waals surface area contributed by atoms with Crippen LogP contribution in [-0.2, 0) is 17.8 Å². The Kier molecular flexibility index (Phi) is 8.22. The van der Waals surface area contributed by atoms with Crippen LogP contribution in [0.1, 0.15) is 35.3 Å². The number of nitrogens with one attached hydrogen (secondary N) is 2. The van der Waals surface area contributed by atoms with Crippen LogP contribution in [0.5, 0.6) is 5.88 Å². The van der Waals surface area contributed by atoms with Gasteiger partial charge in [0.25, 0.3) is 5.91 Å². The van der Waals surface area contributed by atoms with Gasteiger partial charge in [0.1, 0.15) is 6.04 Å². The third-order valence-corrected chi connectivity index (χ3v) is 4.88. The van der Waals surface area contributed by atoms with Gasteiger partial charge < -0.3 is 15.4 Å². The average molecular weight is 452 g/mol. The van der Waals surface area contributed by atoms with Crippen LogP contribution in [0.3, 0.4) is 0 Å². The lowest BCUT2D eigenvalue weighted by molar-refractivity contribution is -0.123. The fraction of sp³-hybridized carbons (Fsp3) is 0.240. The van der Waals surface area contributed by atoms with Crippen LogP contribution < -0.4 is 15.4 Å². The fourth-order valence-electron chi connectivity index (χ4n) is 3.04. The Labute approximate surface area is 193 Å². The highest BCUT2D eigenvalue weighted by Crippen LogP contribution is 2.12. The van der Waals surface area contributed by atoms with E-state index in [2.05, 4.69) is 15.6 Å². The summed E-state index contributed by atoms with van der Waals surface area (Å²) >= 11 is 5.90. The molecule has 3 aromatic rings. The summed E-state index contributed by atoms with van der Waals surface area (Å²) in [6.45, 7) is 4.15. The summed E-state index contributed by atoms with van der Waals surface area (Å²) in [6.07, 6.45) is 2.07. The summed E-state index contributed by atoms with van der Waals surface area (Å²) in [5.74, 6) is -0.0828. The predicted octanol–water partition coefficient (Wildman–Crippen LogP) is 4.18. The van der Waals surface area contributed by atoms with Gasteiger partial charge in [0.2, 0.25) is 11.8 Å². The van der Waals surface area contributed by atoms with Gasteiger partial charge in [0.15, 0.2) is 0 Å². The smallest absolute Gasteiger partial charge is 0.251 e. The number of hydrogen-bond donors (Lipinski definition) is 2. The molecular formula is C25H26ClN3O3. The number of hydrogen-bond acceptors (Lipinski definition) is 4. The standard InChI is InChI=1S/C25H26ClN3O3/c1-17(2)32-23-13-8-19(15-27-23)16-28-25(31)22(14-18-6-4-3-5-7-18)29-24(30)20-9-11-21(26)12-10-20/h3-13,15,17,22H,14,16H2,1-2H3,(H,28,31)(H,29,30). The van der Waals surface area contributed by atoms with Crippen LogP contribution in [0, 0.1) is 0 Å². The number of amides is 2. The minimum Gasteiger partial charge on any atom is -0.475 e. The number of rotatable bonds is 9. The van der Waals surface area contributed by atoms with E-state index in [1.807, 2.05) is 50.2 Å². The molecule has 166 valence electrons. The van der Waals surface area contributed by atoms with Crippen molar-refractivity contribution >= 4 is 23.4 Å². The monoisotopic (exact) mass is 451 g/mol. The number of aromatic nitrogens is 1. The highest BCUT2D eigenvalue weighted by molar-refractivity contribution is 6.30. The van der Waals surface area contributed by atoms with E-state index in [0.717, 1.165) is 11.1 Å². The highest BCUT2D eigenvalue weighted by Gasteiger charge is 2.22. The Bertz CT molecular complexity index is 1020. The summed E-state index contributed by atoms with van der Waals surface area (Å²) < 4.78 is 5.54. The molecule has 1 atom stereocenters. The maximum absolute atomic E-state index is 13.0. The van der Waals surface area contributed by atoms with Gasteiger partial charge in [0, 0.05) is 35.8 Å². The van der Waals surface area contributed by atoms with Gasteiger partial charge in [-0.15, -0.1) is 0 Å². The van der Waals surface area contributed by atoms with Crippen molar-refractivity contribution in [3.8, 4) is 5.88 Å². The third-order valence-electron chi connectivity index (χ3n) is 4.63. The molecular weight excluding hydrogens is 426 g/mol. The molecule has 2 amide bonds. The van der Waals surface area contributed by atoms with Crippen LogP contribution in [0.4, 0.5) is 0 Å². The number of benzene rings is 2. The number of halogens is 1. The average Bonchev–Trinajstić information content (AvgIpc) is 2.78. The maximum Gasteiger partial charge on any atom is 0.251 e. The Morgan fingerprint density at radius 1 is 0.969 bits per heavy atom. The van der Waals surface area contributed by atoms with Crippen molar-refractivity contribution in [2.45, 2.75) is 39.0 Å². The van der Waals surface area contributed by atoms with Crippen molar-refractivity contribution in [1.82, 2.24) is 15.6 Å². The first-order valence-electron chi connectivity index (χ1n) is 10.4. The zero-order chi connectivity index (χ0) is 22.9. The summed E-state index contributed by atoms with van der Waals surface area (Å²) in [5.41, 5.74) is 2.21. The Balaban J connectivity index is 1.67. The number of pyridine rings is 1. The van der Waals surface area contributed by atoms with Crippen LogP contribution in [0.25, 0.3) is 0 Å². The summed E-state index contributed by atoms with van der Waals surface area (Å²) in [6, 6.07) is 19.0. The van der Waals surface area contributed by atoms with Crippen molar-refractivity contribution < 1.29 is 14.3 Å². The number of nitrogens with zero attached hydrogens (tertiary/aromatic N) is 1. The highest BCUT2D eigenvalue weighted by atomic mass is 35.5. The molecule has 1 heterocycles. The summed E-state index contributed by atoms with van der Waals surface area (Å²) in [5, 5.41) is 6.27. The zero-order valence-corrected chi connectivity index (χ0v) is 18.8. The molecule has 32 heavy (non-hydrogen) atoms. The molecule has 0 bridgehead atoms. The van der Waals surface area contributed by atoms with E-state index in [-0.39, 0.29) is 24.5 Å². The van der Waals surface area contributed by atoms with E-state index in [9.17, 15) is 9.59 Å². The minimum absolute atomic E-state index is 0.0380. The first kappa shape index (κ1) is 23.3. The molecule has 2 N–H and O–H groups in total. The third kappa shape index (κ3) is 7.10. The Hall–Kier alpha value is -3.38. The summed E-state index contributed by atoms with van der Waals surface area (Å²) in [7, 11) is 0. The van der Waals surface area contributed by atoms with E-state index in [1.54, 1.807) is 36.5 Å². The summed E-state index contributed by atoms with van der Waals surface area (Å²) in [4.78, 5) is 29.9. The molecule has 0 spiro atoms. The second-order valence-electron chi connectivity index (χ2n) is 7.61. The number of carbonyl (C=O) groups excluding carboxylic acids is 2. The van der Waals surface area contributed by atoms with Gasteiger partial charge in [-0.1, -0.05) is 48.0 Å². The lowest BCUT2D eigenvalue weighted by Crippen LogP contribution is -2.47. The maximum atomic E-state index is 13.0. The van der Waals surface area contributed by atoms with Crippen LogP contribution in [0.2, 0.25) is 5.02 Å². The second-order valence-corrected chi connectivity index (χ2v) is 8.05. The normalized spacial score (nSPS) is 11.6.